The van der Waals surface area contributed by atoms with Crippen molar-refractivity contribution in [3.63, 3.8) is 0 Å². The molecule has 0 bridgehead atoms. The molecule has 162 valence electrons. The molecule has 0 radical (unpaired) electrons. The monoisotopic (exact) mass is 448 g/mol. The highest BCUT2D eigenvalue weighted by atomic mass is 32.2. The van der Waals surface area contributed by atoms with Crippen LogP contribution in [0.4, 0.5) is 5.82 Å². The second-order valence-corrected chi connectivity index (χ2v) is 8.70. The number of carbonyl (C=O) groups excluding carboxylic acids is 3. The number of fused-ring (bicyclic) bond motifs is 1. The quantitative estimate of drug-likeness (QED) is 0.301. The van der Waals surface area contributed by atoms with E-state index in [9.17, 15) is 14.4 Å². The molecule has 1 saturated carbocycles. The van der Waals surface area contributed by atoms with Crippen molar-refractivity contribution in [2.75, 3.05) is 12.4 Å². The van der Waals surface area contributed by atoms with Crippen LogP contribution in [0.1, 0.15) is 35.2 Å². The third kappa shape index (κ3) is 3.96. The Morgan fingerprint density at radius 3 is 2.81 bits per heavy atom. The molecule has 2 aromatic heterocycles. The maximum atomic E-state index is 12.3. The van der Waals surface area contributed by atoms with Crippen LogP contribution in [-0.2, 0) is 9.59 Å². The van der Waals surface area contributed by atoms with Crippen molar-refractivity contribution in [2.45, 2.75) is 35.2 Å². The fourth-order valence-electron chi connectivity index (χ4n) is 3.45. The van der Waals surface area contributed by atoms with Crippen LogP contribution in [0, 0.1) is 0 Å². The highest BCUT2D eigenvalue weighted by Crippen LogP contribution is 2.33. The van der Waals surface area contributed by atoms with E-state index in [0.717, 1.165) is 23.6 Å². The van der Waals surface area contributed by atoms with Crippen LogP contribution >= 0.6 is 11.8 Å². The maximum Gasteiger partial charge on any atom is 0.254 e. The van der Waals surface area contributed by atoms with Gasteiger partial charge in [0.15, 0.2) is 5.65 Å². The van der Waals surface area contributed by atoms with E-state index in [1.165, 1.54) is 11.8 Å². The fourth-order valence-corrected chi connectivity index (χ4v) is 4.40. The zero-order valence-corrected chi connectivity index (χ0v) is 18.0. The van der Waals surface area contributed by atoms with Crippen molar-refractivity contribution >= 4 is 47.0 Å². The summed E-state index contributed by atoms with van der Waals surface area (Å²) in [4.78, 5) is 41.4. The average molecular weight is 449 g/mol. The van der Waals surface area contributed by atoms with Gasteiger partial charge in [0.1, 0.15) is 10.8 Å². The first-order chi connectivity index (χ1) is 15.5. The summed E-state index contributed by atoms with van der Waals surface area (Å²) in [7, 11) is 1.60. The van der Waals surface area contributed by atoms with E-state index in [1.54, 1.807) is 29.9 Å². The molecule has 5 rings (SSSR count). The Kier molecular flexibility index (Phi) is 5.14. The normalized spacial score (nSPS) is 17.1. The lowest BCUT2D eigenvalue weighted by atomic mass is 10.1. The summed E-state index contributed by atoms with van der Waals surface area (Å²) in [5, 5.41) is 13.6. The summed E-state index contributed by atoms with van der Waals surface area (Å²) in [5.74, 6) is -0.0919. The van der Waals surface area contributed by atoms with E-state index in [1.807, 2.05) is 24.3 Å². The highest BCUT2D eigenvalue weighted by molar-refractivity contribution is 7.99. The molecule has 3 heterocycles. The minimum atomic E-state index is -0.393. The first-order valence-corrected chi connectivity index (χ1v) is 11.0. The standard InChI is InChI=1S/C22H20N6O3S/c1-23-22(31)15-4-2-3-5-16(15)32-19-10-17(25-14-6-7-14)28-20(27-19)13(11-24-28)8-12-9-18(29)26-21(12)30/h2-5,8,10-11,14,25H,6-7,9H2,1H3,(H,23,31)(H,26,29,30)/b12-8+. The van der Waals surface area contributed by atoms with Crippen LogP contribution in [0.3, 0.4) is 0 Å². The van der Waals surface area contributed by atoms with Crippen LogP contribution in [0.25, 0.3) is 11.7 Å². The molecule has 3 amide bonds. The van der Waals surface area contributed by atoms with E-state index >= 15 is 0 Å². The smallest absolute Gasteiger partial charge is 0.254 e. The number of aromatic nitrogens is 3. The van der Waals surface area contributed by atoms with Crippen LogP contribution < -0.4 is 16.0 Å². The number of benzene rings is 1. The summed E-state index contributed by atoms with van der Waals surface area (Å²) in [6.45, 7) is 0. The fraction of sp³-hybridized carbons (Fsp3) is 0.227. The van der Waals surface area contributed by atoms with Crippen molar-refractivity contribution in [3.05, 3.63) is 53.2 Å². The lowest BCUT2D eigenvalue weighted by molar-refractivity contribution is -0.124. The molecule has 3 N–H and O–H groups in total. The number of carbonyl (C=O) groups is 3. The lowest BCUT2D eigenvalue weighted by Gasteiger charge is -2.11. The molecule has 0 unspecified atom stereocenters. The van der Waals surface area contributed by atoms with E-state index in [-0.39, 0.29) is 18.2 Å². The minimum Gasteiger partial charge on any atom is -0.367 e. The van der Waals surface area contributed by atoms with Gasteiger partial charge in [-0.1, -0.05) is 23.9 Å². The number of nitrogens with zero attached hydrogens (tertiary/aromatic N) is 3. The van der Waals surface area contributed by atoms with Gasteiger partial charge in [0.25, 0.3) is 11.8 Å². The van der Waals surface area contributed by atoms with Crippen LogP contribution in [-0.4, -0.2) is 45.4 Å². The Balaban J connectivity index is 1.58. The number of imide groups is 1. The number of amides is 3. The van der Waals surface area contributed by atoms with Gasteiger partial charge in [0.2, 0.25) is 5.91 Å². The molecule has 2 fully saturated rings. The lowest BCUT2D eigenvalue weighted by Crippen LogP contribution is -2.19. The minimum absolute atomic E-state index is 0.0390. The highest BCUT2D eigenvalue weighted by Gasteiger charge is 2.26. The van der Waals surface area contributed by atoms with Crippen molar-refractivity contribution in [1.82, 2.24) is 25.2 Å². The largest absolute Gasteiger partial charge is 0.367 e. The van der Waals surface area contributed by atoms with Gasteiger partial charge in [0.05, 0.1) is 18.2 Å². The second kappa shape index (κ2) is 8.12. The molecule has 2 aliphatic rings. The summed E-state index contributed by atoms with van der Waals surface area (Å²) in [6.07, 6.45) is 5.51. The number of hydrogen-bond donors (Lipinski definition) is 3. The molecule has 32 heavy (non-hydrogen) atoms. The Labute approximate surface area is 187 Å². The van der Waals surface area contributed by atoms with Gasteiger partial charge in [-0.15, -0.1) is 0 Å². The molecule has 1 aliphatic carbocycles. The summed E-state index contributed by atoms with van der Waals surface area (Å²) in [5.41, 5.74) is 2.16. The Morgan fingerprint density at radius 1 is 1.28 bits per heavy atom. The SMILES string of the molecule is CNC(=O)c1ccccc1Sc1cc(NC2CC2)n2ncc(/C=C3\CC(=O)NC3=O)c2n1. The van der Waals surface area contributed by atoms with E-state index < -0.39 is 5.91 Å². The number of rotatable bonds is 6. The Morgan fingerprint density at radius 2 is 2.09 bits per heavy atom. The van der Waals surface area contributed by atoms with Gasteiger partial charge in [-0.25, -0.2) is 4.98 Å². The molecule has 0 atom stereocenters. The van der Waals surface area contributed by atoms with Crippen LogP contribution in [0.15, 0.2) is 52.0 Å². The van der Waals surface area contributed by atoms with Crippen molar-refractivity contribution in [1.29, 1.82) is 0 Å². The molecule has 10 heteroatoms. The number of anilines is 1. The predicted octanol–water partition coefficient (Wildman–Crippen LogP) is 2.24. The molecule has 1 aliphatic heterocycles. The molecular weight excluding hydrogens is 428 g/mol. The zero-order chi connectivity index (χ0) is 22.2. The second-order valence-electron chi connectivity index (χ2n) is 7.63. The Hall–Kier alpha value is -3.66. The summed E-state index contributed by atoms with van der Waals surface area (Å²) < 4.78 is 1.70. The topological polar surface area (TPSA) is 117 Å². The Bertz CT molecular complexity index is 1290. The molecule has 1 aromatic carbocycles. The molecular formula is C22H20N6O3S. The van der Waals surface area contributed by atoms with Crippen molar-refractivity contribution in [3.8, 4) is 0 Å². The zero-order valence-electron chi connectivity index (χ0n) is 17.2. The van der Waals surface area contributed by atoms with Crippen molar-refractivity contribution in [2.24, 2.45) is 0 Å². The van der Waals surface area contributed by atoms with Crippen LogP contribution in [0.2, 0.25) is 0 Å². The van der Waals surface area contributed by atoms with Gasteiger partial charge in [0, 0.05) is 35.2 Å². The number of hydrogen-bond acceptors (Lipinski definition) is 7. The third-order valence-electron chi connectivity index (χ3n) is 5.20. The summed E-state index contributed by atoms with van der Waals surface area (Å²) >= 11 is 1.38. The first-order valence-electron chi connectivity index (χ1n) is 10.2. The average Bonchev–Trinajstić information content (AvgIpc) is 3.42. The van der Waals surface area contributed by atoms with E-state index in [2.05, 4.69) is 21.0 Å². The number of nitrogens with one attached hydrogen (secondary N) is 3. The van der Waals surface area contributed by atoms with Gasteiger partial charge in [-0.05, 0) is 31.1 Å². The van der Waals surface area contributed by atoms with Gasteiger partial charge >= 0.3 is 0 Å². The maximum absolute atomic E-state index is 12.3. The van der Waals surface area contributed by atoms with Gasteiger partial charge < -0.3 is 10.6 Å². The van der Waals surface area contributed by atoms with Gasteiger partial charge in [-0.2, -0.15) is 9.61 Å². The van der Waals surface area contributed by atoms with Gasteiger partial charge in [-0.3, -0.25) is 19.7 Å². The first kappa shape index (κ1) is 20.3. The molecule has 3 aromatic rings. The van der Waals surface area contributed by atoms with E-state index in [0.29, 0.717) is 33.4 Å². The molecule has 0 spiro atoms. The van der Waals surface area contributed by atoms with Crippen LogP contribution in [0.5, 0.6) is 0 Å². The summed E-state index contributed by atoms with van der Waals surface area (Å²) in [6, 6.07) is 9.64. The predicted molar refractivity (Wildman–Crippen MR) is 119 cm³/mol. The molecule has 9 nitrogen and oxygen atoms in total. The van der Waals surface area contributed by atoms with Crippen molar-refractivity contribution < 1.29 is 14.4 Å². The van der Waals surface area contributed by atoms with E-state index in [4.69, 9.17) is 4.98 Å². The third-order valence-corrected chi connectivity index (χ3v) is 6.20. The molecule has 1 saturated heterocycles.